The molecule has 0 saturated carbocycles. The monoisotopic (exact) mass is 753 g/mol. The molecule has 4 nitrogen and oxygen atoms in total. The maximum Gasteiger partial charge on any atom is 0.164 e. The Balaban J connectivity index is 0.957. The zero-order valence-corrected chi connectivity index (χ0v) is 32.0. The Hall–Kier alpha value is -7.95. The summed E-state index contributed by atoms with van der Waals surface area (Å²) in [5.41, 5.74) is 13.6. The quantitative estimate of drug-likeness (QED) is 0.163. The third-order valence-electron chi connectivity index (χ3n) is 11.2. The average molecular weight is 754 g/mol. The lowest BCUT2D eigenvalue weighted by Gasteiger charge is -2.11. The van der Waals surface area contributed by atoms with Gasteiger partial charge in [-0.2, -0.15) is 0 Å². The lowest BCUT2D eigenvalue weighted by Crippen LogP contribution is -2.00. The maximum absolute atomic E-state index is 6.64. The Labute approximate surface area is 341 Å². The number of para-hydroxylation sites is 1. The number of furan rings is 1. The van der Waals surface area contributed by atoms with Crippen LogP contribution in [0.3, 0.4) is 0 Å². The molecule has 0 aliphatic carbocycles. The van der Waals surface area contributed by atoms with Crippen LogP contribution in [0.25, 0.3) is 111 Å². The van der Waals surface area contributed by atoms with Gasteiger partial charge in [-0.15, -0.1) is 0 Å². The summed E-state index contributed by atoms with van der Waals surface area (Å²) >= 11 is 0. The Kier molecular flexibility index (Phi) is 8.45. The molecule has 0 fully saturated rings. The van der Waals surface area contributed by atoms with Crippen LogP contribution in [0.2, 0.25) is 0 Å². The van der Waals surface area contributed by atoms with Crippen LogP contribution in [-0.4, -0.2) is 15.0 Å². The number of aromatic nitrogens is 3. The van der Waals surface area contributed by atoms with Crippen LogP contribution in [0.15, 0.2) is 217 Å². The van der Waals surface area contributed by atoms with Gasteiger partial charge in [-0.05, 0) is 67.9 Å². The van der Waals surface area contributed by atoms with Crippen molar-refractivity contribution in [1.82, 2.24) is 15.0 Å². The van der Waals surface area contributed by atoms with Crippen molar-refractivity contribution in [2.75, 3.05) is 0 Å². The molecule has 0 aliphatic rings. The molecule has 0 N–H and O–H groups in total. The first kappa shape index (κ1) is 34.3. The number of nitrogens with zero attached hydrogens (tertiary/aromatic N) is 3. The smallest absolute Gasteiger partial charge is 0.164 e. The van der Waals surface area contributed by atoms with E-state index < -0.39 is 0 Å². The minimum atomic E-state index is 0.617. The van der Waals surface area contributed by atoms with E-state index in [9.17, 15) is 0 Å². The minimum Gasteiger partial charge on any atom is -0.455 e. The highest BCUT2D eigenvalue weighted by atomic mass is 16.3. The first-order valence-electron chi connectivity index (χ1n) is 19.8. The Morgan fingerprint density at radius 1 is 0.288 bits per heavy atom. The summed E-state index contributed by atoms with van der Waals surface area (Å²) in [6.07, 6.45) is 0. The molecule has 11 rings (SSSR count). The SMILES string of the molecule is c1ccc(-c2ccc(-c3ccc(-c4nc(-c5ccccc5)nc(-c5ccc(-c6ccc(-c7ccc8ccccc8c7)c7oc8ccccc8c67)cc5)n4)cc3)cc2)cc1. The lowest BCUT2D eigenvalue weighted by atomic mass is 9.93. The number of benzene rings is 9. The van der Waals surface area contributed by atoms with Crippen molar-refractivity contribution in [3.8, 4) is 78.7 Å². The van der Waals surface area contributed by atoms with Gasteiger partial charge in [0.2, 0.25) is 0 Å². The van der Waals surface area contributed by atoms with Crippen molar-refractivity contribution in [1.29, 1.82) is 0 Å². The molecule has 59 heavy (non-hydrogen) atoms. The predicted molar refractivity (Wildman–Crippen MR) is 243 cm³/mol. The Morgan fingerprint density at radius 2 is 0.712 bits per heavy atom. The van der Waals surface area contributed by atoms with E-state index >= 15 is 0 Å². The average Bonchev–Trinajstić information content (AvgIpc) is 3.72. The molecule has 4 heteroatoms. The van der Waals surface area contributed by atoms with Crippen molar-refractivity contribution in [3.63, 3.8) is 0 Å². The van der Waals surface area contributed by atoms with Crippen LogP contribution >= 0.6 is 0 Å². The topological polar surface area (TPSA) is 51.8 Å². The maximum atomic E-state index is 6.64. The molecular weight excluding hydrogens is 719 g/mol. The van der Waals surface area contributed by atoms with Crippen molar-refractivity contribution in [2.45, 2.75) is 0 Å². The van der Waals surface area contributed by atoms with Crippen LogP contribution in [-0.2, 0) is 0 Å². The van der Waals surface area contributed by atoms with Crippen LogP contribution in [0, 0.1) is 0 Å². The molecule has 2 heterocycles. The third kappa shape index (κ3) is 6.43. The molecule has 0 unspecified atom stereocenters. The molecule has 2 aromatic heterocycles. The van der Waals surface area contributed by atoms with Gasteiger partial charge in [-0.1, -0.05) is 194 Å². The number of hydrogen-bond acceptors (Lipinski definition) is 4. The lowest BCUT2D eigenvalue weighted by molar-refractivity contribution is 0.670. The summed E-state index contributed by atoms with van der Waals surface area (Å²) in [5.74, 6) is 1.87. The number of hydrogen-bond donors (Lipinski definition) is 0. The van der Waals surface area contributed by atoms with E-state index in [1.54, 1.807) is 0 Å². The summed E-state index contributed by atoms with van der Waals surface area (Å²) in [6.45, 7) is 0. The van der Waals surface area contributed by atoms with E-state index in [1.165, 1.54) is 21.9 Å². The van der Waals surface area contributed by atoms with Gasteiger partial charge < -0.3 is 4.42 Å². The van der Waals surface area contributed by atoms with Crippen LogP contribution in [0.5, 0.6) is 0 Å². The normalized spacial score (nSPS) is 11.4. The van der Waals surface area contributed by atoms with Crippen LogP contribution in [0.4, 0.5) is 0 Å². The van der Waals surface area contributed by atoms with E-state index in [2.05, 4.69) is 164 Å². The second kappa shape index (κ2) is 14.5. The minimum absolute atomic E-state index is 0.617. The highest BCUT2D eigenvalue weighted by Gasteiger charge is 2.18. The molecule has 276 valence electrons. The van der Waals surface area contributed by atoms with E-state index in [1.807, 2.05) is 48.5 Å². The van der Waals surface area contributed by atoms with E-state index in [4.69, 9.17) is 19.4 Å². The molecule has 0 spiro atoms. The molecule has 0 aliphatic heterocycles. The highest BCUT2D eigenvalue weighted by Crippen LogP contribution is 2.42. The van der Waals surface area contributed by atoms with Gasteiger partial charge in [-0.25, -0.2) is 15.0 Å². The van der Waals surface area contributed by atoms with Gasteiger partial charge in [0, 0.05) is 33.0 Å². The Bertz CT molecular complexity index is 3280. The van der Waals surface area contributed by atoms with E-state index in [0.29, 0.717) is 17.5 Å². The first-order chi connectivity index (χ1) is 29.2. The zero-order chi connectivity index (χ0) is 39.1. The summed E-state index contributed by atoms with van der Waals surface area (Å²) in [6, 6.07) is 74.0. The molecular formula is C55H35N3O. The molecule has 0 bridgehead atoms. The van der Waals surface area contributed by atoms with Crippen molar-refractivity contribution >= 4 is 32.7 Å². The molecule has 11 aromatic rings. The zero-order valence-electron chi connectivity index (χ0n) is 32.0. The molecule has 0 amide bonds. The first-order valence-corrected chi connectivity index (χ1v) is 19.8. The van der Waals surface area contributed by atoms with Gasteiger partial charge in [0.25, 0.3) is 0 Å². The van der Waals surface area contributed by atoms with Crippen LogP contribution in [0.1, 0.15) is 0 Å². The van der Waals surface area contributed by atoms with Crippen LogP contribution < -0.4 is 0 Å². The van der Waals surface area contributed by atoms with Gasteiger partial charge in [-0.3, -0.25) is 0 Å². The third-order valence-corrected chi connectivity index (χ3v) is 11.2. The fourth-order valence-electron chi connectivity index (χ4n) is 8.10. The number of fused-ring (bicyclic) bond motifs is 4. The Morgan fingerprint density at radius 3 is 1.32 bits per heavy atom. The fraction of sp³-hybridized carbons (Fsp3) is 0. The molecule has 9 aromatic carbocycles. The van der Waals surface area contributed by atoms with E-state index in [0.717, 1.165) is 72.0 Å². The van der Waals surface area contributed by atoms with Gasteiger partial charge in [0.05, 0.1) is 0 Å². The van der Waals surface area contributed by atoms with E-state index in [-0.39, 0.29) is 0 Å². The fourth-order valence-corrected chi connectivity index (χ4v) is 8.10. The van der Waals surface area contributed by atoms with Gasteiger partial charge in [0.1, 0.15) is 11.2 Å². The van der Waals surface area contributed by atoms with Crippen molar-refractivity contribution in [2.24, 2.45) is 0 Å². The summed E-state index contributed by atoms with van der Waals surface area (Å²) in [4.78, 5) is 15.1. The number of rotatable bonds is 7. The standard InChI is InChI=1S/C55H35N3O/c1-3-11-36(12-4-1)38-19-21-39(22-20-38)40-23-28-43(29-24-40)54-56-53(42-14-5-2-6-15-42)57-55(58-54)44-30-26-41(27-31-44)47-33-34-48(46-32-25-37-13-7-8-16-45(37)35-46)52-51(47)49-17-9-10-18-50(49)59-52/h1-35H. The van der Waals surface area contributed by atoms with Gasteiger partial charge >= 0.3 is 0 Å². The summed E-state index contributed by atoms with van der Waals surface area (Å²) in [5, 5.41) is 4.61. The second-order valence-electron chi connectivity index (χ2n) is 14.8. The van der Waals surface area contributed by atoms with Crippen molar-refractivity contribution in [3.05, 3.63) is 212 Å². The summed E-state index contributed by atoms with van der Waals surface area (Å²) < 4.78 is 6.64. The second-order valence-corrected chi connectivity index (χ2v) is 14.8. The van der Waals surface area contributed by atoms with Crippen molar-refractivity contribution < 1.29 is 4.42 Å². The predicted octanol–water partition coefficient (Wildman–Crippen LogP) is 14.6. The summed E-state index contributed by atoms with van der Waals surface area (Å²) in [7, 11) is 0. The molecule has 0 radical (unpaired) electrons. The molecule has 0 saturated heterocycles. The van der Waals surface area contributed by atoms with Gasteiger partial charge in [0.15, 0.2) is 17.5 Å². The highest BCUT2D eigenvalue weighted by molar-refractivity contribution is 6.16. The largest absolute Gasteiger partial charge is 0.455 e. The molecule has 0 atom stereocenters.